The van der Waals surface area contributed by atoms with E-state index in [2.05, 4.69) is 6.58 Å². The number of urea groups is 1. The van der Waals surface area contributed by atoms with Gasteiger partial charge in [-0.05, 0) is 6.92 Å². The second kappa shape index (κ2) is 4.70. The molecule has 6 nitrogen and oxygen atoms in total. The molecule has 0 aromatic rings. The topological polar surface area (TPSA) is 75.7 Å². The SMILES string of the molecule is C=C(C)COCCN1C(=O)NC(=O)C1=O. The monoisotopic (exact) mass is 212 g/mol. The number of nitrogens with one attached hydrogen (secondary N) is 1. The molecule has 1 heterocycles. The van der Waals surface area contributed by atoms with Gasteiger partial charge < -0.3 is 4.74 Å². The Morgan fingerprint density at radius 2 is 2.13 bits per heavy atom. The van der Waals surface area contributed by atoms with Crippen molar-refractivity contribution in [3.8, 4) is 0 Å². The van der Waals surface area contributed by atoms with Crippen molar-refractivity contribution in [3.63, 3.8) is 0 Å². The zero-order valence-electron chi connectivity index (χ0n) is 8.41. The molecule has 0 spiro atoms. The zero-order valence-corrected chi connectivity index (χ0v) is 8.41. The van der Waals surface area contributed by atoms with Gasteiger partial charge in [0, 0.05) is 0 Å². The van der Waals surface area contributed by atoms with Crippen molar-refractivity contribution in [1.82, 2.24) is 10.2 Å². The van der Waals surface area contributed by atoms with Crippen LogP contribution < -0.4 is 5.32 Å². The standard InChI is InChI=1S/C9H12N2O4/c1-6(2)5-15-4-3-11-8(13)7(12)10-9(11)14/h1,3-5H2,2H3,(H,10,12,14). The van der Waals surface area contributed by atoms with E-state index in [4.69, 9.17) is 4.74 Å². The molecule has 0 bridgehead atoms. The molecule has 1 aliphatic heterocycles. The summed E-state index contributed by atoms with van der Waals surface area (Å²) in [6, 6.07) is -0.691. The van der Waals surface area contributed by atoms with Crippen LogP contribution in [0.1, 0.15) is 6.92 Å². The lowest BCUT2D eigenvalue weighted by atomic mass is 10.4. The van der Waals surface area contributed by atoms with Gasteiger partial charge in [-0.1, -0.05) is 12.2 Å². The average Bonchev–Trinajstić information content (AvgIpc) is 2.37. The Labute approximate surface area is 86.9 Å². The number of nitrogens with zero attached hydrogens (tertiary/aromatic N) is 1. The van der Waals surface area contributed by atoms with Gasteiger partial charge in [-0.2, -0.15) is 0 Å². The Morgan fingerprint density at radius 1 is 1.47 bits per heavy atom. The van der Waals surface area contributed by atoms with Crippen LogP contribution in [0.2, 0.25) is 0 Å². The van der Waals surface area contributed by atoms with Crippen LogP contribution in [0.4, 0.5) is 4.79 Å². The molecule has 1 N–H and O–H groups in total. The summed E-state index contributed by atoms with van der Waals surface area (Å²) in [5, 5.41) is 1.89. The van der Waals surface area contributed by atoms with Crippen LogP contribution >= 0.6 is 0 Å². The highest BCUT2D eigenvalue weighted by Gasteiger charge is 2.36. The van der Waals surface area contributed by atoms with E-state index in [1.54, 1.807) is 6.92 Å². The normalized spacial score (nSPS) is 15.8. The van der Waals surface area contributed by atoms with Gasteiger partial charge in [-0.15, -0.1) is 0 Å². The second-order valence-electron chi connectivity index (χ2n) is 3.23. The van der Waals surface area contributed by atoms with E-state index in [1.165, 1.54) is 0 Å². The first-order valence-corrected chi connectivity index (χ1v) is 4.41. The van der Waals surface area contributed by atoms with Crippen LogP contribution in [-0.4, -0.2) is 42.5 Å². The van der Waals surface area contributed by atoms with E-state index in [9.17, 15) is 14.4 Å². The maximum absolute atomic E-state index is 11.1. The van der Waals surface area contributed by atoms with Gasteiger partial charge in [0.2, 0.25) is 0 Å². The Kier molecular flexibility index (Phi) is 3.56. The number of rotatable bonds is 5. The summed E-state index contributed by atoms with van der Waals surface area (Å²) in [5.41, 5.74) is 0.850. The van der Waals surface area contributed by atoms with Crippen molar-refractivity contribution in [2.75, 3.05) is 19.8 Å². The van der Waals surface area contributed by atoms with Crippen LogP contribution in [0.3, 0.4) is 0 Å². The molecule has 1 rings (SSSR count). The molecule has 0 unspecified atom stereocenters. The Bertz CT molecular complexity index is 324. The summed E-state index contributed by atoms with van der Waals surface area (Å²) in [5.74, 6) is -1.72. The summed E-state index contributed by atoms with van der Waals surface area (Å²) in [6.07, 6.45) is 0. The molecule has 6 heteroatoms. The summed E-state index contributed by atoms with van der Waals surface area (Å²) in [4.78, 5) is 33.7. The fraction of sp³-hybridized carbons (Fsp3) is 0.444. The van der Waals surface area contributed by atoms with E-state index in [1.807, 2.05) is 5.32 Å². The highest BCUT2D eigenvalue weighted by Crippen LogP contribution is 2.00. The predicted octanol–water partition coefficient (Wildman–Crippen LogP) is -0.342. The van der Waals surface area contributed by atoms with E-state index >= 15 is 0 Å². The minimum absolute atomic E-state index is 0.0731. The van der Waals surface area contributed by atoms with Crippen molar-refractivity contribution >= 4 is 17.8 Å². The van der Waals surface area contributed by atoms with Crippen molar-refractivity contribution in [1.29, 1.82) is 0 Å². The summed E-state index contributed by atoms with van der Waals surface area (Å²) < 4.78 is 5.10. The molecule has 1 saturated heterocycles. The highest BCUT2D eigenvalue weighted by molar-refractivity contribution is 6.44. The Morgan fingerprint density at radius 3 is 2.60 bits per heavy atom. The lowest BCUT2D eigenvalue weighted by Gasteiger charge is -2.10. The zero-order chi connectivity index (χ0) is 11.4. The number of carbonyl (C=O) groups excluding carboxylic acids is 3. The molecule has 0 atom stereocenters. The van der Waals surface area contributed by atoms with Crippen LogP contribution in [0.15, 0.2) is 12.2 Å². The largest absolute Gasteiger partial charge is 0.375 e. The van der Waals surface area contributed by atoms with Gasteiger partial charge in [0.1, 0.15) is 0 Å². The van der Waals surface area contributed by atoms with E-state index < -0.39 is 17.8 Å². The lowest BCUT2D eigenvalue weighted by molar-refractivity contribution is -0.140. The van der Waals surface area contributed by atoms with Gasteiger partial charge in [0.25, 0.3) is 0 Å². The lowest BCUT2D eigenvalue weighted by Crippen LogP contribution is -2.34. The first-order chi connectivity index (χ1) is 7.02. The molecule has 15 heavy (non-hydrogen) atoms. The minimum Gasteiger partial charge on any atom is -0.375 e. The minimum atomic E-state index is -0.889. The van der Waals surface area contributed by atoms with Crippen molar-refractivity contribution < 1.29 is 19.1 Å². The summed E-state index contributed by atoms with van der Waals surface area (Å²) in [6.45, 7) is 6.07. The van der Waals surface area contributed by atoms with Crippen LogP contribution in [0, 0.1) is 0 Å². The molecule has 0 radical (unpaired) electrons. The molecule has 0 aromatic heterocycles. The van der Waals surface area contributed by atoms with Gasteiger partial charge in [-0.3, -0.25) is 19.8 Å². The molecule has 82 valence electrons. The molecule has 4 amide bonds. The number of amides is 4. The van der Waals surface area contributed by atoms with Crippen LogP contribution in [0.25, 0.3) is 0 Å². The number of imide groups is 2. The maximum Gasteiger partial charge on any atom is 0.331 e. The van der Waals surface area contributed by atoms with Gasteiger partial charge in [0.15, 0.2) is 0 Å². The molecular formula is C9H12N2O4. The third-order valence-electron chi connectivity index (χ3n) is 1.71. The summed E-state index contributed by atoms with van der Waals surface area (Å²) in [7, 11) is 0. The van der Waals surface area contributed by atoms with E-state index in [-0.39, 0.29) is 13.2 Å². The van der Waals surface area contributed by atoms with Crippen molar-refractivity contribution in [2.24, 2.45) is 0 Å². The van der Waals surface area contributed by atoms with Gasteiger partial charge in [0.05, 0.1) is 19.8 Å². The van der Waals surface area contributed by atoms with Gasteiger partial charge in [-0.25, -0.2) is 4.79 Å². The Balaban J connectivity index is 2.33. The molecule has 0 saturated carbocycles. The predicted molar refractivity (Wildman–Crippen MR) is 50.9 cm³/mol. The first-order valence-electron chi connectivity index (χ1n) is 4.41. The fourth-order valence-electron chi connectivity index (χ4n) is 1.04. The van der Waals surface area contributed by atoms with Crippen LogP contribution in [0.5, 0.6) is 0 Å². The van der Waals surface area contributed by atoms with Crippen molar-refractivity contribution in [3.05, 3.63) is 12.2 Å². The number of carbonyl (C=O) groups is 3. The fourth-order valence-corrected chi connectivity index (χ4v) is 1.04. The molecule has 1 aliphatic rings. The first kappa shape index (κ1) is 11.4. The third-order valence-corrected chi connectivity index (χ3v) is 1.71. The highest BCUT2D eigenvalue weighted by atomic mass is 16.5. The second-order valence-corrected chi connectivity index (χ2v) is 3.23. The smallest absolute Gasteiger partial charge is 0.331 e. The molecular weight excluding hydrogens is 200 g/mol. The molecule has 0 aromatic carbocycles. The van der Waals surface area contributed by atoms with Crippen molar-refractivity contribution in [2.45, 2.75) is 6.92 Å². The van der Waals surface area contributed by atoms with Gasteiger partial charge >= 0.3 is 17.8 Å². The molecule has 0 aliphatic carbocycles. The van der Waals surface area contributed by atoms with E-state index in [0.29, 0.717) is 6.61 Å². The third kappa shape index (κ3) is 2.88. The average molecular weight is 212 g/mol. The maximum atomic E-state index is 11.1. The molecule has 1 fully saturated rings. The van der Waals surface area contributed by atoms with E-state index in [0.717, 1.165) is 10.5 Å². The number of hydrogen-bond acceptors (Lipinski definition) is 4. The quantitative estimate of drug-likeness (QED) is 0.293. The van der Waals surface area contributed by atoms with Crippen LogP contribution in [-0.2, 0) is 14.3 Å². The number of hydrogen-bond donors (Lipinski definition) is 1. The summed E-state index contributed by atoms with van der Waals surface area (Å²) >= 11 is 0. The Hall–Kier alpha value is -1.69. The number of ether oxygens (including phenoxy) is 1.